The molecule has 1 saturated heterocycles. The van der Waals surface area contributed by atoms with Crippen molar-refractivity contribution in [3.05, 3.63) is 11.8 Å². The van der Waals surface area contributed by atoms with Crippen LogP contribution in [0.15, 0.2) is 11.8 Å². The SMILES string of the molecule is C/C(=C/N(C)C1CC(O)C(C=O)O1)C(=O)NC=O.[Ir]. The van der Waals surface area contributed by atoms with Gasteiger partial charge in [-0.1, -0.05) is 0 Å². The summed E-state index contributed by atoms with van der Waals surface area (Å²) in [5.74, 6) is -0.512. The molecule has 1 aliphatic rings. The molecule has 1 heterocycles. The predicted octanol–water partition coefficient (Wildman–Crippen LogP) is -1.23. The number of amides is 2. The fourth-order valence-electron chi connectivity index (χ4n) is 1.67. The van der Waals surface area contributed by atoms with Crippen LogP contribution in [-0.4, -0.2) is 54.1 Å². The number of aliphatic hydroxyl groups excluding tert-OH is 1. The van der Waals surface area contributed by atoms with Crippen LogP contribution in [0.3, 0.4) is 0 Å². The number of ether oxygens (including phenoxy) is 1. The topological polar surface area (TPSA) is 95.9 Å². The van der Waals surface area contributed by atoms with Crippen molar-refractivity contribution in [2.45, 2.75) is 31.8 Å². The Morgan fingerprint density at radius 1 is 1.47 bits per heavy atom. The van der Waals surface area contributed by atoms with Crippen LogP contribution in [-0.2, 0) is 39.2 Å². The van der Waals surface area contributed by atoms with E-state index in [1.807, 2.05) is 5.32 Å². The Labute approximate surface area is 124 Å². The summed E-state index contributed by atoms with van der Waals surface area (Å²) in [5, 5.41) is 11.5. The molecular weight excluding hydrogens is 432 g/mol. The standard InChI is InChI=1S/C11H16N2O5.Ir/c1-7(11(17)12-6-15)4-13(2)10-3-8(16)9(5-14)18-10;/h4-6,8-10,16H,3H2,1-2H3,(H,12,15,17);/b7-4-;. The third kappa shape index (κ3) is 4.83. The minimum absolute atomic E-state index is 0. The van der Waals surface area contributed by atoms with Crippen molar-refractivity contribution in [1.29, 1.82) is 0 Å². The molecule has 1 rings (SSSR count). The Hall–Kier alpha value is -1.08. The summed E-state index contributed by atoms with van der Waals surface area (Å²) in [5.41, 5.74) is 0.317. The molecule has 0 spiro atoms. The molecule has 1 fully saturated rings. The Kier molecular flexibility index (Phi) is 7.70. The van der Waals surface area contributed by atoms with Gasteiger partial charge in [0, 0.05) is 45.3 Å². The number of hydrogen-bond acceptors (Lipinski definition) is 6. The average molecular weight is 448 g/mol. The van der Waals surface area contributed by atoms with E-state index in [1.54, 1.807) is 11.9 Å². The summed E-state index contributed by atoms with van der Waals surface area (Å²) in [4.78, 5) is 33.6. The number of aliphatic hydroxyl groups is 1. The zero-order valence-electron chi connectivity index (χ0n) is 10.5. The zero-order valence-corrected chi connectivity index (χ0v) is 12.9. The smallest absolute Gasteiger partial charge is 0.254 e. The molecular formula is C11H16IrN2O5. The van der Waals surface area contributed by atoms with Crippen molar-refractivity contribution < 1.29 is 44.3 Å². The molecule has 7 nitrogen and oxygen atoms in total. The van der Waals surface area contributed by atoms with E-state index in [4.69, 9.17) is 4.74 Å². The second-order valence-corrected chi connectivity index (χ2v) is 4.06. The number of nitrogens with one attached hydrogen (secondary N) is 1. The van der Waals surface area contributed by atoms with Crippen LogP contribution >= 0.6 is 0 Å². The van der Waals surface area contributed by atoms with Crippen LogP contribution in [0.4, 0.5) is 0 Å². The minimum Gasteiger partial charge on any atom is -0.390 e. The van der Waals surface area contributed by atoms with E-state index in [9.17, 15) is 19.5 Å². The molecule has 0 aromatic rings. The van der Waals surface area contributed by atoms with Crippen LogP contribution in [0, 0.1) is 0 Å². The van der Waals surface area contributed by atoms with E-state index in [2.05, 4.69) is 0 Å². The maximum atomic E-state index is 11.3. The summed E-state index contributed by atoms with van der Waals surface area (Å²) in [6.45, 7) is 1.54. The fourth-order valence-corrected chi connectivity index (χ4v) is 1.67. The summed E-state index contributed by atoms with van der Waals surface area (Å²) in [6, 6.07) is 0. The number of carbonyl (C=O) groups is 3. The average Bonchev–Trinajstić information content (AvgIpc) is 2.70. The van der Waals surface area contributed by atoms with Crippen molar-refractivity contribution >= 4 is 18.6 Å². The molecule has 0 bridgehead atoms. The molecule has 2 N–H and O–H groups in total. The van der Waals surface area contributed by atoms with E-state index < -0.39 is 24.3 Å². The fraction of sp³-hybridized carbons (Fsp3) is 0.545. The van der Waals surface area contributed by atoms with Gasteiger partial charge in [0.15, 0.2) is 6.29 Å². The molecule has 0 saturated carbocycles. The van der Waals surface area contributed by atoms with Gasteiger partial charge in [-0.3, -0.25) is 14.9 Å². The maximum absolute atomic E-state index is 11.3. The van der Waals surface area contributed by atoms with Crippen LogP contribution in [0.2, 0.25) is 0 Å². The summed E-state index contributed by atoms with van der Waals surface area (Å²) < 4.78 is 5.29. The van der Waals surface area contributed by atoms with Gasteiger partial charge < -0.3 is 19.5 Å². The largest absolute Gasteiger partial charge is 0.390 e. The zero-order chi connectivity index (χ0) is 13.7. The second kappa shape index (κ2) is 8.16. The number of hydrogen-bond donors (Lipinski definition) is 2. The number of aldehydes is 1. The van der Waals surface area contributed by atoms with Crippen molar-refractivity contribution in [2.24, 2.45) is 0 Å². The van der Waals surface area contributed by atoms with Crippen molar-refractivity contribution in [3.63, 3.8) is 0 Å². The van der Waals surface area contributed by atoms with Gasteiger partial charge >= 0.3 is 0 Å². The maximum Gasteiger partial charge on any atom is 0.254 e. The van der Waals surface area contributed by atoms with Crippen LogP contribution < -0.4 is 5.32 Å². The van der Waals surface area contributed by atoms with E-state index in [0.29, 0.717) is 18.3 Å². The molecule has 1 aliphatic heterocycles. The Morgan fingerprint density at radius 3 is 2.58 bits per heavy atom. The quantitative estimate of drug-likeness (QED) is 0.404. The van der Waals surface area contributed by atoms with Gasteiger partial charge in [0.05, 0.1) is 6.10 Å². The van der Waals surface area contributed by atoms with Crippen LogP contribution in [0.5, 0.6) is 0 Å². The first kappa shape index (κ1) is 17.9. The summed E-state index contributed by atoms with van der Waals surface area (Å²) in [6.07, 6.45) is 0.464. The minimum atomic E-state index is -0.840. The first-order valence-corrected chi connectivity index (χ1v) is 5.43. The molecule has 0 aliphatic carbocycles. The van der Waals surface area contributed by atoms with E-state index in [-0.39, 0.29) is 26.5 Å². The van der Waals surface area contributed by atoms with Gasteiger partial charge in [0.2, 0.25) is 6.41 Å². The number of carbonyl (C=O) groups excluding carboxylic acids is 3. The summed E-state index contributed by atoms with van der Waals surface area (Å²) in [7, 11) is 1.66. The molecule has 3 atom stereocenters. The van der Waals surface area contributed by atoms with Crippen LogP contribution in [0.1, 0.15) is 13.3 Å². The van der Waals surface area contributed by atoms with Gasteiger partial charge in [-0.05, 0) is 6.92 Å². The van der Waals surface area contributed by atoms with Crippen molar-refractivity contribution in [3.8, 4) is 0 Å². The molecule has 109 valence electrons. The third-order valence-corrected chi connectivity index (χ3v) is 2.67. The predicted molar refractivity (Wildman–Crippen MR) is 61.1 cm³/mol. The Bertz CT molecular complexity index is 374. The normalized spacial score (nSPS) is 26.3. The van der Waals surface area contributed by atoms with Gasteiger partial charge in [0.1, 0.15) is 12.3 Å². The Balaban J connectivity index is 0.00000324. The van der Waals surface area contributed by atoms with E-state index in [1.165, 1.54) is 13.1 Å². The second-order valence-electron chi connectivity index (χ2n) is 4.06. The molecule has 19 heavy (non-hydrogen) atoms. The number of imide groups is 1. The van der Waals surface area contributed by atoms with Crippen molar-refractivity contribution in [1.82, 2.24) is 10.2 Å². The first-order chi connectivity index (χ1) is 8.49. The third-order valence-electron chi connectivity index (χ3n) is 2.67. The number of rotatable bonds is 5. The van der Waals surface area contributed by atoms with Gasteiger partial charge in [-0.2, -0.15) is 0 Å². The molecule has 8 heteroatoms. The van der Waals surface area contributed by atoms with Crippen molar-refractivity contribution in [2.75, 3.05) is 7.05 Å². The van der Waals surface area contributed by atoms with E-state index in [0.717, 1.165) is 0 Å². The first-order valence-electron chi connectivity index (χ1n) is 5.43. The van der Waals surface area contributed by atoms with E-state index >= 15 is 0 Å². The monoisotopic (exact) mass is 449 g/mol. The van der Waals surface area contributed by atoms with Gasteiger partial charge in [0.25, 0.3) is 5.91 Å². The summed E-state index contributed by atoms with van der Waals surface area (Å²) >= 11 is 0. The van der Waals surface area contributed by atoms with Crippen LogP contribution in [0.25, 0.3) is 0 Å². The van der Waals surface area contributed by atoms with Gasteiger partial charge in [-0.15, -0.1) is 0 Å². The Morgan fingerprint density at radius 2 is 2.11 bits per heavy atom. The molecule has 3 unspecified atom stereocenters. The number of nitrogens with zero attached hydrogens (tertiary/aromatic N) is 1. The molecule has 0 aromatic carbocycles. The molecule has 0 aromatic heterocycles. The molecule has 1 radical (unpaired) electrons. The van der Waals surface area contributed by atoms with Gasteiger partial charge in [-0.25, -0.2) is 0 Å². The molecule has 2 amide bonds.